The second-order valence-electron chi connectivity index (χ2n) is 11.8. The fourth-order valence-corrected chi connectivity index (χ4v) is 4.24. The zero-order valence-corrected chi connectivity index (χ0v) is 24.2. The minimum Gasteiger partial charge on any atom is -0.444 e. The zero-order chi connectivity index (χ0) is 28.4. The van der Waals surface area contributed by atoms with E-state index < -0.39 is 40.6 Å². The Balaban J connectivity index is 2.49. The number of imide groups is 1. The minimum atomic E-state index is -1.01. The molecule has 3 amide bonds. The summed E-state index contributed by atoms with van der Waals surface area (Å²) in [5.74, 6) is 0. The SMILES string of the molecule is C=C1C[C@@](C)(c2cc(NC(=O)OC(C)(C)C)ccn2)N=C(N(C(=O)OC(C)(C)C)C(=O)OC(C)(C)C)S1. The van der Waals surface area contributed by atoms with E-state index in [0.29, 0.717) is 22.7 Å². The van der Waals surface area contributed by atoms with E-state index >= 15 is 0 Å². The van der Waals surface area contributed by atoms with Gasteiger partial charge in [0.05, 0.1) is 5.69 Å². The zero-order valence-electron chi connectivity index (χ0n) is 23.3. The van der Waals surface area contributed by atoms with E-state index in [2.05, 4.69) is 16.9 Å². The van der Waals surface area contributed by atoms with Crippen molar-refractivity contribution in [2.75, 3.05) is 5.32 Å². The van der Waals surface area contributed by atoms with Gasteiger partial charge in [0, 0.05) is 18.3 Å². The Hall–Kier alpha value is -3.08. The summed E-state index contributed by atoms with van der Waals surface area (Å²) in [6, 6.07) is 3.29. The number of pyridine rings is 1. The Morgan fingerprint density at radius 3 is 1.97 bits per heavy atom. The van der Waals surface area contributed by atoms with Crippen LogP contribution in [0.5, 0.6) is 0 Å². The van der Waals surface area contributed by atoms with E-state index in [0.717, 1.165) is 16.7 Å². The average Bonchev–Trinajstić information content (AvgIpc) is 2.63. The summed E-state index contributed by atoms with van der Waals surface area (Å²) in [6.45, 7) is 21.4. The summed E-state index contributed by atoms with van der Waals surface area (Å²) in [5, 5.41) is 2.74. The molecule has 0 radical (unpaired) electrons. The molecule has 1 aromatic rings. The topological polar surface area (TPSA) is 119 Å². The van der Waals surface area contributed by atoms with Crippen molar-refractivity contribution in [3.63, 3.8) is 0 Å². The van der Waals surface area contributed by atoms with E-state index in [1.54, 1.807) is 81.4 Å². The number of aromatic nitrogens is 1. The highest BCUT2D eigenvalue weighted by Crippen LogP contribution is 2.42. The van der Waals surface area contributed by atoms with Gasteiger partial charge in [0.1, 0.15) is 22.3 Å². The van der Waals surface area contributed by atoms with Crippen molar-refractivity contribution in [3.8, 4) is 0 Å². The first kappa shape index (κ1) is 30.1. The van der Waals surface area contributed by atoms with Crippen molar-refractivity contribution in [1.82, 2.24) is 9.88 Å². The molecule has 1 N–H and O–H groups in total. The minimum absolute atomic E-state index is 0.0505. The molecule has 1 atom stereocenters. The first-order valence-electron chi connectivity index (χ1n) is 11.9. The molecule has 0 aromatic carbocycles. The van der Waals surface area contributed by atoms with Gasteiger partial charge in [-0.25, -0.2) is 19.4 Å². The van der Waals surface area contributed by atoms with Crippen LogP contribution in [0.4, 0.5) is 20.1 Å². The molecule has 0 fully saturated rings. The largest absolute Gasteiger partial charge is 0.444 e. The molecule has 10 nitrogen and oxygen atoms in total. The molecule has 1 aliphatic rings. The lowest BCUT2D eigenvalue weighted by molar-refractivity contribution is 0.0151. The maximum Gasteiger partial charge on any atom is 0.426 e. The van der Waals surface area contributed by atoms with Crippen LogP contribution in [0.2, 0.25) is 0 Å². The van der Waals surface area contributed by atoms with E-state index in [1.165, 1.54) is 6.20 Å². The van der Waals surface area contributed by atoms with Crippen molar-refractivity contribution in [1.29, 1.82) is 0 Å². The second-order valence-corrected chi connectivity index (χ2v) is 13.0. The number of hydrogen-bond acceptors (Lipinski definition) is 9. The van der Waals surface area contributed by atoms with Gasteiger partial charge in [0.15, 0.2) is 5.17 Å². The number of anilines is 1. The normalized spacial score (nSPS) is 18.4. The van der Waals surface area contributed by atoms with Crippen molar-refractivity contribution < 1.29 is 28.6 Å². The van der Waals surface area contributed by atoms with Gasteiger partial charge in [0.2, 0.25) is 0 Å². The molecule has 11 heteroatoms. The number of nitrogens with zero attached hydrogens (tertiary/aromatic N) is 3. The summed E-state index contributed by atoms with van der Waals surface area (Å²) in [4.78, 5) is 49.2. The van der Waals surface area contributed by atoms with Crippen molar-refractivity contribution in [2.24, 2.45) is 4.99 Å². The second kappa shape index (κ2) is 10.7. The number of thioether (sulfide) groups is 1. The first-order valence-corrected chi connectivity index (χ1v) is 12.7. The summed E-state index contributed by atoms with van der Waals surface area (Å²) < 4.78 is 16.3. The number of carbonyl (C=O) groups excluding carboxylic acids is 3. The number of rotatable bonds is 2. The van der Waals surface area contributed by atoms with Gasteiger partial charge in [-0.1, -0.05) is 18.3 Å². The lowest BCUT2D eigenvalue weighted by Crippen LogP contribution is -2.47. The molecule has 0 bridgehead atoms. The third kappa shape index (κ3) is 9.38. The fraction of sp³-hybridized carbons (Fsp3) is 0.577. The van der Waals surface area contributed by atoms with Crippen LogP contribution in [-0.4, -0.2) is 50.1 Å². The van der Waals surface area contributed by atoms with Gasteiger partial charge in [-0.05, 0) is 86.3 Å². The lowest BCUT2D eigenvalue weighted by Gasteiger charge is -2.35. The van der Waals surface area contributed by atoms with Crippen LogP contribution < -0.4 is 5.32 Å². The molecule has 204 valence electrons. The summed E-state index contributed by atoms with van der Waals surface area (Å²) >= 11 is 1.08. The molecular formula is C26H38N4O6S. The van der Waals surface area contributed by atoms with E-state index in [9.17, 15) is 14.4 Å². The number of carbonyl (C=O) groups is 3. The molecule has 0 spiro atoms. The van der Waals surface area contributed by atoms with E-state index in [-0.39, 0.29) is 5.17 Å². The Bertz CT molecular complexity index is 1070. The van der Waals surface area contributed by atoms with E-state index in [4.69, 9.17) is 19.2 Å². The van der Waals surface area contributed by atoms with Gasteiger partial charge in [0.25, 0.3) is 0 Å². The quantitative estimate of drug-likeness (QED) is 0.410. The first-order chi connectivity index (χ1) is 16.7. The van der Waals surface area contributed by atoms with Crippen molar-refractivity contribution >= 4 is 40.9 Å². The van der Waals surface area contributed by atoms with Crippen molar-refractivity contribution in [3.05, 3.63) is 35.5 Å². The molecule has 0 saturated carbocycles. The van der Waals surface area contributed by atoms with Gasteiger partial charge in [-0.2, -0.15) is 4.90 Å². The molecule has 0 saturated heterocycles. The maximum atomic E-state index is 13.1. The smallest absolute Gasteiger partial charge is 0.426 e. The Morgan fingerprint density at radius 2 is 1.49 bits per heavy atom. The predicted molar refractivity (Wildman–Crippen MR) is 145 cm³/mol. The monoisotopic (exact) mass is 534 g/mol. The molecule has 1 aromatic heterocycles. The number of hydrogen-bond donors (Lipinski definition) is 1. The van der Waals surface area contributed by atoms with Crippen LogP contribution >= 0.6 is 11.8 Å². The van der Waals surface area contributed by atoms with Crippen LogP contribution in [0, 0.1) is 0 Å². The maximum absolute atomic E-state index is 13.1. The van der Waals surface area contributed by atoms with Crippen LogP contribution in [0.3, 0.4) is 0 Å². The number of nitrogens with one attached hydrogen (secondary N) is 1. The predicted octanol–water partition coefficient (Wildman–Crippen LogP) is 6.82. The van der Waals surface area contributed by atoms with Gasteiger partial charge < -0.3 is 14.2 Å². The molecule has 0 aliphatic carbocycles. The highest BCUT2D eigenvalue weighted by atomic mass is 32.2. The van der Waals surface area contributed by atoms with Crippen LogP contribution in [-0.2, 0) is 19.7 Å². The van der Waals surface area contributed by atoms with Crippen molar-refractivity contribution in [2.45, 2.75) is 98.0 Å². The lowest BCUT2D eigenvalue weighted by atomic mass is 9.93. The standard InChI is InChI=1S/C26H38N4O6S/c1-16-15-26(11,18-14-17(12-13-27-18)28-20(31)34-23(2,3)4)29-19(37-16)30(21(32)35-24(5,6)7)22(33)36-25(8,9)10/h12-14H,1,15H2,2-11H3,(H,27,28,31)/t26-/m0/s1. The fourth-order valence-electron chi connectivity index (χ4n) is 3.14. The third-order valence-corrected chi connectivity index (χ3v) is 5.31. The Kier molecular flexibility index (Phi) is 8.74. The number of aliphatic imine (C=N–C) groups is 1. The molecule has 1 aliphatic heterocycles. The molecular weight excluding hydrogens is 496 g/mol. The van der Waals surface area contributed by atoms with Gasteiger partial charge in [-0.3, -0.25) is 10.3 Å². The molecule has 0 unspecified atom stereocenters. The summed E-state index contributed by atoms with van der Waals surface area (Å²) in [6.07, 6.45) is -0.534. The number of ether oxygens (including phenoxy) is 3. The van der Waals surface area contributed by atoms with Crippen LogP contribution in [0.25, 0.3) is 0 Å². The van der Waals surface area contributed by atoms with E-state index in [1.807, 2.05) is 0 Å². The average molecular weight is 535 g/mol. The summed E-state index contributed by atoms with van der Waals surface area (Å²) in [7, 11) is 0. The third-order valence-electron chi connectivity index (χ3n) is 4.42. The molecule has 2 heterocycles. The van der Waals surface area contributed by atoms with Crippen LogP contribution in [0.1, 0.15) is 81.4 Å². The Morgan fingerprint density at radius 1 is 0.973 bits per heavy atom. The highest BCUT2D eigenvalue weighted by molar-refractivity contribution is 8.17. The summed E-state index contributed by atoms with van der Waals surface area (Å²) in [5.41, 5.74) is -2.44. The van der Waals surface area contributed by atoms with Crippen LogP contribution in [0.15, 0.2) is 34.8 Å². The molecule has 2 rings (SSSR count). The number of amides is 3. The number of amidine groups is 1. The van der Waals surface area contributed by atoms with Gasteiger partial charge >= 0.3 is 18.3 Å². The highest BCUT2D eigenvalue weighted by Gasteiger charge is 2.41. The van der Waals surface area contributed by atoms with Gasteiger partial charge in [-0.15, -0.1) is 0 Å². The Labute approximate surface area is 223 Å². The molecule has 37 heavy (non-hydrogen) atoms.